The summed E-state index contributed by atoms with van der Waals surface area (Å²) in [6, 6.07) is 2.96. The SMILES string of the molecule is C=COc1cc(F)ccc1[N+](=O)[O-]. The minimum Gasteiger partial charge on any atom is -0.458 e. The molecule has 0 aliphatic carbocycles. The highest BCUT2D eigenvalue weighted by Crippen LogP contribution is 2.27. The van der Waals surface area contributed by atoms with Crippen LogP contribution in [0.15, 0.2) is 31.0 Å². The molecule has 0 heterocycles. The summed E-state index contributed by atoms with van der Waals surface area (Å²) in [5.74, 6) is -0.748. The van der Waals surface area contributed by atoms with Gasteiger partial charge in [-0.15, -0.1) is 0 Å². The van der Waals surface area contributed by atoms with E-state index in [4.69, 9.17) is 0 Å². The molecule has 1 aromatic carbocycles. The second kappa shape index (κ2) is 3.66. The third kappa shape index (κ3) is 2.02. The summed E-state index contributed by atoms with van der Waals surface area (Å²) < 4.78 is 17.3. The van der Waals surface area contributed by atoms with Crippen LogP contribution in [-0.2, 0) is 0 Å². The van der Waals surface area contributed by atoms with E-state index in [9.17, 15) is 14.5 Å². The standard InChI is InChI=1S/C8H6FNO3/c1-2-13-8-5-6(9)3-4-7(8)10(11)12/h2-5H,1H2. The largest absolute Gasteiger partial charge is 0.458 e. The summed E-state index contributed by atoms with van der Waals surface area (Å²) in [6.07, 6.45) is 1.00. The van der Waals surface area contributed by atoms with Crippen LogP contribution in [0.5, 0.6) is 5.75 Å². The van der Waals surface area contributed by atoms with E-state index in [0.717, 1.165) is 24.5 Å². The Hall–Kier alpha value is -1.91. The molecule has 0 spiro atoms. The van der Waals surface area contributed by atoms with Crippen molar-refractivity contribution in [2.75, 3.05) is 0 Å². The van der Waals surface area contributed by atoms with Crippen molar-refractivity contribution in [3.05, 3.63) is 47.0 Å². The van der Waals surface area contributed by atoms with Gasteiger partial charge in [0.1, 0.15) is 5.82 Å². The fourth-order valence-corrected chi connectivity index (χ4v) is 0.823. The average molecular weight is 183 g/mol. The van der Waals surface area contributed by atoms with Crippen LogP contribution in [0, 0.1) is 15.9 Å². The Kier molecular flexibility index (Phi) is 2.59. The highest BCUT2D eigenvalue weighted by molar-refractivity contribution is 5.46. The van der Waals surface area contributed by atoms with E-state index >= 15 is 0 Å². The first-order chi connectivity index (χ1) is 6.15. The topological polar surface area (TPSA) is 52.4 Å². The van der Waals surface area contributed by atoms with E-state index in [0.29, 0.717) is 0 Å². The van der Waals surface area contributed by atoms with Gasteiger partial charge < -0.3 is 4.74 Å². The number of hydrogen-bond donors (Lipinski definition) is 0. The van der Waals surface area contributed by atoms with E-state index in [2.05, 4.69) is 11.3 Å². The first kappa shape index (κ1) is 9.18. The second-order valence-corrected chi connectivity index (χ2v) is 2.15. The van der Waals surface area contributed by atoms with E-state index in [1.165, 1.54) is 0 Å². The van der Waals surface area contributed by atoms with Crippen molar-refractivity contribution in [3.8, 4) is 5.75 Å². The zero-order valence-electron chi connectivity index (χ0n) is 6.57. The summed E-state index contributed by atoms with van der Waals surface area (Å²) in [6.45, 7) is 3.22. The van der Waals surface area contributed by atoms with Crippen LogP contribution < -0.4 is 4.74 Å². The van der Waals surface area contributed by atoms with Crippen LogP contribution in [0.2, 0.25) is 0 Å². The molecule has 0 bridgehead atoms. The molecule has 0 aromatic heterocycles. The van der Waals surface area contributed by atoms with Gasteiger partial charge in [0.25, 0.3) is 0 Å². The van der Waals surface area contributed by atoms with Gasteiger partial charge in [0.15, 0.2) is 0 Å². The Morgan fingerprint density at radius 3 is 2.85 bits per heavy atom. The maximum atomic E-state index is 12.6. The van der Waals surface area contributed by atoms with Gasteiger partial charge >= 0.3 is 5.69 Å². The zero-order chi connectivity index (χ0) is 9.84. The summed E-state index contributed by atoms with van der Waals surface area (Å²) in [7, 11) is 0. The fourth-order valence-electron chi connectivity index (χ4n) is 0.823. The summed E-state index contributed by atoms with van der Waals surface area (Å²) >= 11 is 0. The lowest BCUT2D eigenvalue weighted by Crippen LogP contribution is -1.93. The van der Waals surface area contributed by atoms with Crippen LogP contribution in [0.1, 0.15) is 0 Å². The number of nitro benzene ring substituents is 1. The first-order valence-corrected chi connectivity index (χ1v) is 3.36. The number of nitrogens with zero attached hydrogens (tertiary/aromatic N) is 1. The first-order valence-electron chi connectivity index (χ1n) is 3.36. The number of nitro groups is 1. The van der Waals surface area contributed by atoms with Gasteiger partial charge in [-0.05, 0) is 6.07 Å². The number of halogens is 1. The number of benzene rings is 1. The minimum atomic E-state index is -0.654. The second-order valence-electron chi connectivity index (χ2n) is 2.15. The molecule has 0 N–H and O–H groups in total. The lowest BCUT2D eigenvalue weighted by atomic mass is 10.3. The molecule has 13 heavy (non-hydrogen) atoms. The Bertz CT molecular complexity index is 351. The number of ether oxygens (including phenoxy) is 1. The van der Waals surface area contributed by atoms with E-state index in [-0.39, 0.29) is 11.4 Å². The zero-order valence-corrected chi connectivity index (χ0v) is 6.57. The molecule has 0 saturated heterocycles. The van der Waals surface area contributed by atoms with Crippen molar-refractivity contribution < 1.29 is 14.1 Å². The summed E-state index contributed by atoms with van der Waals surface area (Å²) in [4.78, 5) is 9.72. The van der Waals surface area contributed by atoms with Gasteiger partial charge in [0.05, 0.1) is 11.2 Å². The molecule has 0 aliphatic rings. The predicted molar refractivity (Wildman–Crippen MR) is 43.9 cm³/mol. The van der Waals surface area contributed by atoms with Gasteiger partial charge in [0, 0.05) is 12.1 Å². The molecule has 5 heteroatoms. The number of hydrogen-bond acceptors (Lipinski definition) is 3. The fraction of sp³-hybridized carbons (Fsp3) is 0. The molecule has 0 unspecified atom stereocenters. The van der Waals surface area contributed by atoms with E-state index in [1.807, 2.05) is 0 Å². The Balaban J connectivity index is 3.17. The minimum absolute atomic E-state index is 0.153. The lowest BCUT2D eigenvalue weighted by Gasteiger charge is -2.00. The monoisotopic (exact) mass is 183 g/mol. The van der Waals surface area contributed by atoms with Crippen molar-refractivity contribution in [2.24, 2.45) is 0 Å². The smallest absolute Gasteiger partial charge is 0.311 e. The average Bonchev–Trinajstić information content (AvgIpc) is 2.04. The Morgan fingerprint density at radius 1 is 1.62 bits per heavy atom. The highest BCUT2D eigenvalue weighted by atomic mass is 19.1. The molecule has 0 aliphatic heterocycles. The quantitative estimate of drug-likeness (QED) is 0.410. The van der Waals surface area contributed by atoms with Crippen LogP contribution in [0.3, 0.4) is 0 Å². The van der Waals surface area contributed by atoms with Crippen molar-refractivity contribution in [1.29, 1.82) is 0 Å². The van der Waals surface area contributed by atoms with Gasteiger partial charge in [0.2, 0.25) is 5.75 Å². The molecule has 4 nitrogen and oxygen atoms in total. The maximum Gasteiger partial charge on any atom is 0.311 e. The Labute approximate surface area is 73.4 Å². The molecule has 0 atom stereocenters. The molecule has 68 valence electrons. The molecule has 0 saturated carbocycles. The molecule has 0 fully saturated rings. The van der Waals surface area contributed by atoms with Crippen molar-refractivity contribution in [2.45, 2.75) is 0 Å². The third-order valence-corrected chi connectivity index (χ3v) is 1.33. The summed E-state index contributed by atoms with van der Waals surface area (Å²) in [5, 5.41) is 10.4. The van der Waals surface area contributed by atoms with Crippen molar-refractivity contribution >= 4 is 5.69 Å². The molecule has 0 radical (unpaired) electrons. The van der Waals surface area contributed by atoms with Crippen LogP contribution >= 0.6 is 0 Å². The third-order valence-electron chi connectivity index (χ3n) is 1.33. The van der Waals surface area contributed by atoms with Gasteiger partial charge in [-0.3, -0.25) is 10.1 Å². The van der Waals surface area contributed by atoms with Crippen molar-refractivity contribution in [3.63, 3.8) is 0 Å². The van der Waals surface area contributed by atoms with Crippen molar-refractivity contribution in [1.82, 2.24) is 0 Å². The molecular formula is C8H6FNO3. The highest BCUT2D eigenvalue weighted by Gasteiger charge is 2.14. The summed E-state index contributed by atoms with van der Waals surface area (Å²) in [5.41, 5.74) is -0.290. The van der Waals surface area contributed by atoms with E-state index in [1.54, 1.807) is 0 Å². The molecule has 1 rings (SSSR count). The van der Waals surface area contributed by atoms with Crippen LogP contribution in [-0.4, -0.2) is 4.92 Å². The lowest BCUT2D eigenvalue weighted by molar-refractivity contribution is -0.385. The maximum absolute atomic E-state index is 12.6. The van der Waals surface area contributed by atoms with E-state index < -0.39 is 10.7 Å². The van der Waals surface area contributed by atoms with Gasteiger partial charge in [-0.2, -0.15) is 0 Å². The normalized spacial score (nSPS) is 9.31. The van der Waals surface area contributed by atoms with Gasteiger partial charge in [-0.25, -0.2) is 4.39 Å². The Morgan fingerprint density at radius 2 is 2.31 bits per heavy atom. The van der Waals surface area contributed by atoms with Crippen LogP contribution in [0.4, 0.5) is 10.1 Å². The number of rotatable bonds is 3. The molecule has 0 amide bonds. The molecular weight excluding hydrogens is 177 g/mol. The van der Waals surface area contributed by atoms with Gasteiger partial charge in [-0.1, -0.05) is 6.58 Å². The molecule has 1 aromatic rings. The van der Waals surface area contributed by atoms with Crippen LogP contribution in [0.25, 0.3) is 0 Å². The predicted octanol–water partition coefficient (Wildman–Crippen LogP) is 2.26.